The molecule has 0 fully saturated rings. The highest BCUT2D eigenvalue weighted by Crippen LogP contribution is 2.34. The number of pyridine rings is 1. The molecule has 3 aromatic rings. The third kappa shape index (κ3) is 7.67. The Morgan fingerprint density at radius 1 is 1.07 bits per heavy atom. The number of methoxy groups -OCH3 is 1. The lowest BCUT2D eigenvalue weighted by Gasteiger charge is -2.24. The number of carboxylic acids is 1. The molecule has 0 aliphatic heterocycles. The molecule has 1 aromatic heterocycles. The summed E-state index contributed by atoms with van der Waals surface area (Å²) in [6, 6.07) is 10.3. The van der Waals surface area contributed by atoms with Crippen LogP contribution in [0.15, 0.2) is 59.5 Å². The maximum atomic E-state index is 13.7. The third-order valence-corrected chi connectivity index (χ3v) is 6.50. The van der Waals surface area contributed by atoms with Crippen LogP contribution in [0.3, 0.4) is 0 Å². The fourth-order valence-electron chi connectivity index (χ4n) is 4.25. The van der Waals surface area contributed by atoms with Crippen molar-refractivity contribution in [1.29, 1.82) is 0 Å². The molecule has 9 heteroatoms. The van der Waals surface area contributed by atoms with E-state index in [1.54, 1.807) is 6.92 Å². The lowest BCUT2D eigenvalue weighted by atomic mass is 9.95. The summed E-state index contributed by atoms with van der Waals surface area (Å²) in [7, 11) is -2.93. The maximum absolute atomic E-state index is 13.7. The van der Waals surface area contributed by atoms with Crippen LogP contribution in [0, 0.1) is 0 Å². The number of carbonyl (C=O) groups excluding carboxylic acids is 2. The minimum absolute atomic E-state index is 0.0399. The summed E-state index contributed by atoms with van der Waals surface area (Å²) in [6.07, 6.45) is 1.26. The molecule has 212 valence electrons. The molecule has 0 aliphatic carbocycles. The highest BCUT2D eigenvalue weighted by Gasteiger charge is 2.25. The summed E-state index contributed by atoms with van der Waals surface area (Å²) in [4.78, 5) is 51.3. The van der Waals surface area contributed by atoms with Gasteiger partial charge in [-0.15, -0.1) is 0 Å². The molecular weight excluding hydrogens is 534 g/mol. The van der Waals surface area contributed by atoms with Gasteiger partial charge in [-0.1, -0.05) is 30.7 Å². The summed E-state index contributed by atoms with van der Waals surface area (Å²) in [5.41, 5.74) is -0.0835. The Bertz CT molecular complexity index is 1560. The first-order valence-electron chi connectivity index (χ1n) is 14.3. The Hall–Kier alpha value is -3.75. The van der Waals surface area contributed by atoms with E-state index in [1.165, 1.54) is 48.7 Å². The Balaban J connectivity index is 2.16. The van der Waals surface area contributed by atoms with Crippen LogP contribution in [0.25, 0.3) is 11.1 Å². The van der Waals surface area contributed by atoms with Crippen LogP contribution < -0.4 is 10.3 Å². The minimum Gasteiger partial charge on any atom is -0.495 e. The van der Waals surface area contributed by atoms with Crippen molar-refractivity contribution in [1.82, 2.24) is 4.57 Å². The Labute approximate surface area is 242 Å². The predicted molar refractivity (Wildman–Crippen MR) is 154 cm³/mol. The maximum Gasteiger partial charge on any atom is 0.335 e. The van der Waals surface area contributed by atoms with Gasteiger partial charge >= 0.3 is 5.97 Å². The molecule has 3 rings (SSSR count). The average Bonchev–Trinajstić information content (AvgIpc) is 2.90. The standard InChI is InChI=1S/C31H34ClNO7/c1-6-26(34)22-12-11-21(32)16-23(22)24-17-29(36)33(18-28(24)39-5)25(13-14-40-31(2,3)4)27(35)15-19-7-9-20(10-8-19)30(37)38/h7-12,16-18,25H,6,13-15H2,1-5H3,(H,37,38)/i5D3. The van der Waals surface area contributed by atoms with Gasteiger partial charge in [0.2, 0.25) is 0 Å². The lowest BCUT2D eigenvalue weighted by molar-refractivity contribution is -0.122. The van der Waals surface area contributed by atoms with E-state index in [0.29, 0.717) is 5.56 Å². The summed E-state index contributed by atoms with van der Waals surface area (Å²) in [5.74, 6) is -1.99. The number of carboxylic acid groups (broad SMARTS) is 1. The van der Waals surface area contributed by atoms with Crippen LogP contribution in [-0.4, -0.2) is 46.5 Å². The van der Waals surface area contributed by atoms with Crippen molar-refractivity contribution in [3.8, 4) is 16.9 Å². The predicted octanol–water partition coefficient (Wildman–Crippen LogP) is 6.03. The van der Waals surface area contributed by atoms with E-state index in [-0.39, 0.29) is 70.5 Å². The first-order chi connectivity index (χ1) is 20.0. The third-order valence-electron chi connectivity index (χ3n) is 6.26. The Kier molecular flexibility index (Phi) is 8.65. The summed E-state index contributed by atoms with van der Waals surface area (Å²) in [6.45, 7) is 7.31. The van der Waals surface area contributed by atoms with Gasteiger partial charge in [-0.25, -0.2) is 4.79 Å². The van der Waals surface area contributed by atoms with Gasteiger partial charge in [-0.3, -0.25) is 14.4 Å². The largest absolute Gasteiger partial charge is 0.495 e. The van der Waals surface area contributed by atoms with Crippen molar-refractivity contribution in [2.24, 2.45) is 0 Å². The molecule has 40 heavy (non-hydrogen) atoms. The van der Waals surface area contributed by atoms with Crippen molar-refractivity contribution in [2.45, 2.75) is 58.6 Å². The number of carbonyl (C=O) groups is 3. The topological polar surface area (TPSA) is 112 Å². The van der Waals surface area contributed by atoms with Crippen LogP contribution in [0.4, 0.5) is 0 Å². The molecule has 0 saturated heterocycles. The monoisotopic (exact) mass is 570 g/mol. The van der Waals surface area contributed by atoms with Crippen molar-refractivity contribution >= 4 is 29.1 Å². The van der Waals surface area contributed by atoms with E-state index >= 15 is 0 Å². The molecule has 0 spiro atoms. The number of halogens is 1. The van der Waals surface area contributed by atoms with Gasteiger partial charge in [0.1, 0.15) is 5.75 Å². The number of hydrogen-bond donors (Lipinski definition) is 1. The highest BCUT2D eigenvalue weighted by atomic mass is 35.5. The molecule has 0 bridgehead atoms. The molecule has 8 nitrogen and oxygen atoms in total. The van der Waals surface area contributed by atoms with Crippen molar-refractivity contribution in [2.75, 3.05) is 13.6 Å². The van der Waals surface area contributed by atoms with Crippen molar-refractivity contribution in [3.63, 3.8) is 0 Å². The highest BCUT2D eigenvalue weighted by molar-refractivity contribution is 6.31. The zero-order valence-electron chi connectivity index (χ0n) is 25.8. The molecule has 0 aliphatic rings. The molecule has 0 radical (unpaired) electrons. The fourth-order valence-corrected chi connectivity index (χ4v) is 4.43. The van der Waals surface area contributed by atoms with Gasteiger partial charge < -0.3 is 19.1 Å². The molecule has 1 heterocycles. The minimum atomic E-state index is -2.93. The zero-order chi connectivity index (χ0) is 32.1. The average molecular weight is 571 g/mol. The quantitative estimate of drug-likeness (QED) is 0.265. The van der Waals surface area contributed by atoms with Crippen LogP contribution in [0.2, 0.25) is 5.02 Å². The number of aromatic nitrogens is 1. The van der Waals surface area contributed by atoms with Crippen LogP contribution >= 0.6 is 11.6 Å². The fraction of sp³-hybridized carbons (Fsp3) is 0.355. The number of Topliss-reactive ketones (excluding diaryl/α,β-unsaturated/α-hetero) is 2. The smallest absolute Gasteiger partial charge is 0.335 e. The van der Waals surface area contributed by atoms with E-state index < -0.39 is 30.2 Å². The molecule has 0 saturated carbocycles. The van der Waals surface area contributed by atoms with E-state index in [1.807, 2.05) is 20.8 Å². The molecule has 1 N–H and O–H groups in total. The number of aromatic carboxylic acids is 1. The van der Waals surface area contributed by atoms with Crippen LogP contribution in [0.1, 0.15) is 77.0 Å². The second kappa shape index (κ2) is 13.1. The number of ketones is 2. The first kappa shape index (κ1) is 26.5. The van der Waals surface area contributed by atoms with Gasteiger partial charge in [-0.2, -0.15) is 0 Å². The molecule has 1 unspecified atom stereocenters. The number of hydrogen-bond acceptors (Lipinski definition) is 6. The Morgan fingerprint density at radius 3 is 2.38 bits per heavy atom. The van der Waals surface area contributed by atoms with Crippen molar-refractivity contribution in [3.05, 3.63) is 86.8 Å². The zero-order valence-corrected chi connectivity index (χ0v) is 23.6. The van der Waals surface area contributed by atoms with Gasteiger partial charge in [0.25, 0.3) is 5.56 Å². The van der Waals surface area contributed by atoms with Gasteiger partial charge in [0.05, 0.1) is 34.6 Å². The van der Waals surface area contributed by atoms with Crippen molar-refractivity contribution < 1.29 is 33.1 Å². The second-order valence-electron chi connectivity index (χ2n) is 10.3. The van der Waals surface area contributed by atoms with Crippen LogP contribution in [-0.2, 0) is 16.0 Å². The number of ether oxygens (including phenoxy) is 2. The molecular formula is C31H34ClNO7. The van der Waals surface area contributed by atoms with Crippen LogP contribution in [0.5, 0.6) is 5.75 Å². The van der Waals surface area contributed by atoms with E-state index in [9.17, 15) is 24.3 Å². The van der Waals surface area contributed by atoms with E-state index in [0.717, 1.165) is 10.6 Å². The SMILES string of the molecule is [2H]C([2H])([2H])Oc1cn(C(CCOC(C)(C)C)C(=O)Cc2ccc(C(=O)O)cc2)c(=O)cc1-c1cc(Cl)ccc1C(=O)CC. The lowest BCUT2D eigenvalue weighted by Crippen LogP contribution is -2.32. The molecule has 0 amide bonds. The Morgan fingerprint density at radius 2 is 1.77 bits per heavy atom. The van der Waals surface area contributed by atoms with Gasteiger partial charge in [-0.05, 0) is 68.7 Å². The van der Waals surface area contributed by atoms with E-state index in [4.69, 9.17) is 25.2 Å². The van der Waals surface area contributed by atoms with E-state index in [2.05, 4.69) is 0 Å². The normalized spacial score (nSPS) is 13.6. The number of benzene rings is 2. The summed E-state index contributed by atoms with van der Waals surface area (Å²) >= 11 is 6.22. The number of rotatable bonds is 12. The second-order valence-corrected chi connectivity index (χ2v) is 10.7. The van der Waals surface area contributed by atoms with Gasteiger partial charge in [0.15, 0.2) is 11.6 Å². The first-order valence-corrected chi connectivity index (χ1v) is 13.1. The molecule has 1 atom stereocenters. The summed E-state index contributed by atoms with van der Waals surface area (Å²) < 4.78 is 35.5. The summed E-state index contributed by atoms with van der Waals surface area (Å²) in [5, 5.41) is 9.44. The van der Waals surface area contributed by atoms with Gasteiger partial charge in [0, 0.05) is 41.7 Å². The molecule has 2 aromatic carbocycles. The number of nitrogens with zero attached hydrogens (tertiary/aromatic N) is 1.